The molecule has 4 nitrogen and oxygen atoms in total. The normalized spacial score (nSPS) is 34.2. The van der Waals surface area contributed by atoms with E-state index in [-0.39, 0.29) is 18.0 Å². The van der Waals surface area contributed by atoms with E-state index in [0.717, 1.165) is 0 Å². The molecule has 0 aromatic rings. The summed E-state index contributed by atoms with van der Waals surface area (Å²) in [6.07, 6.45) is -0.952. The van der Waals surface area contributed by atoms with E-state index >= 15 is 0 Å². The van der Waals surface area contributed by atoms with Crippen molar-refractivity contribution in [2.75, 3.05) is 6.54 Å². The number of nitrogens with zero attached hydrogens (tertiary/aromatic N) is 1. The number of hydrogen-bond donors (Lipinski definition) is 2. The van der Waals surface area contributed by atoms with Crippen LogP contribution in [0.2, 0.25) is 0 Å². The van der Waals surface area contributed by atoms with Gasteiger partial charge in [-0.05, 0) is 12.3 Å². The monoisotopic (exact) mass is 187 g/mol. The Hall–Kier alpha value is -0.770. The highest BCUT2D eigenvalue weighted by Crippen LogP contribution is 2.40. The minimum absolute atomic E-state index is 0.213. The summed E-state index contributed by atoms with van der Waals surface area (Å²) in [5.74, 6) is 0. The maximum atomic E-state index is 10.7. The van der Waals surface area contributed by atoms with Crippen LogP contribution in [0.1, 0.15) is 27.7 Å². The average Bonchev–Trinajstić information content (AvgIpc) is 1.78. The van der Waals surface area contributed by atoms with E-state index in [1.54, 1.807) is 6.92 Å². The number of amides is 1. The molecule has 2 unspecified atom stereocenters. The molecule has 4 heteroatoms. The Labute approximate surface area is 78.2 Å². The van der Waals surface area contributed by atoms with Crippen molar-refractivity contribution in [3.8, 4) is 0 Å². The summed E-state index contributed by atoms with van der Waals surface area (Å²) < 4.78 is 0. The van der Waals surface area contributed by atoms with Gasteiger partial charge < -0.3 is 10.2 Å². The second-order valence-corrected chi connectivity index (χ2v) is 5.04. The smallest absolute Gasteiger partial charge is 0.407 e. The van der Waals surface area contributed by atoms with Crippen molar-refractivity contribution in [2.24, 2.45) is 5.41 Å². The third-order valence-corrected chi connectivity index (χ3v) is 2.46. The molecular weight excluding hydrogens is 170 g/mol. The first-order valence-electron chi connectivity index (χ1n) is 4.38. The number of carbonyl (C=O) groups is 1. The highest BCUT2D eigenvalue weighted by Gasteiger charge is 2.55. The van der Waals surface area contributed by atoms with Crippen LogP contribution in [0.4, 0.5) is 4.79 Å². The average molecular weight is 187 g/mol. The lowest BCUT2D eigenvalue weighted by Crippen LogP contribution is -2.73. The van der Waals surface area contributed by atoms with E-state index < -0.39 is 11.7 Å². The summed E-state index contributed by atoms with van der Waals surface area (Å²) in [7, 11) is 0. The van der Waals surface area contributed by atoms with Gasteiger partial charge in [-0.3, -0.25) is 4.90 Å². The van der Waals surface area contributed by atoms with Gasteiger partial charge in [0.2, 0.25) is 0 Å². The summed E-state index contributed by atoms with van der Waals surface area (Å²) in [5, 5.41) is 18.6. The van der Waals surface area contributed by atoms with Gasteiger partial charge in [0.25, 0.3) is 0 Å². The molecule has 0 saturated carbocycles. The Morgan fingerprint density at radius 3 is 2.15 bits per heavy atom. The molecule has 0 aromatic carbocycles. The van der Waals surface area contributed by atoms with Crippen LogP contribution < -0.4 is 0 Å². The molecule has 0 aromatic heterocycles. The molecule has 0 bridgehead atoms. The fourth-order valence-electron chi connectivity index (χ4n) is 2.32. The molecule has 1 saturated heterocycles. The highest BCUT2D eigenvalue weighted by atomic mass is 16.4. The van der Waals surface area contributed by atoms with Crippen molar-refractivity contribution in [3.05, 3.63) is 0 Å². The van der Waals surface area contributed by atoms with E-state index in [4.69, 9.17) is 5.11 Å². The maximum absolute atomic E-state index is 10.7. The second-order valence-electron chi connectivity index (χ2n) is 5.04. The standard InChI is InChI=1S/C9H17NO3/c1-8(2,3)6-9(4,13)5-10(6)7(11)12/h6,13H,5H2,1-4H3,(H,11,12). The Morgan fingerprint density at radius 1 is 1.54 bits per heavy atom. The lowest BCUT2D eigenvalue weighted by molar-refractivity contribution is -0.160. The zero-order valence-electron chi connectivity index (χ0n) is 8.53. The lowest BCUT2D eigenvalue weighted by Gasteiger charge is -2.56. The van der Waals surface area contributed by atoms with Crippen molar-refractivity contribution in [1.82, 2.24) is 4.90 Å². The molecule has 1 fully saturated rings. The van der Waals surface area contributed by atoms with Crippen LogP contribution in [0.15, 0.2) is 0 Å². The van der Waals surface area contributed by atoms with Crippen LogP contribution in [0.25, 0.3) is 0 Å². The fourth-order valence-corrected chi connectivity index (χ4v) is 2.32. The molecule has 2 N–H and O–H groups in total. The van der Waals surface area contributed by atoms with Crippen LogP contribution in [-0.2, 0) is 0 Å². The first-order chi connectivity index (χ1) is 5.66. The van der Waals surface area contributed by atoms with Crippen molar-refractivity contribution in [1.29, 1.82) is 0 Å². The van der Waals surface area contributed by atoms with Gasteiger partial charge in [-0.1, -0.05) is 20.8 Å². The van der Waals surface area contributed by atoms with Crippen molar-refractivity contribution >= 4 is 6.09 Å². The summed E-state index contributed by atoms with van der Waals surface area (Å²) >= 11 is 0. The van der Waals surface area contributed by atoms with E-state index in [2.05, 4.69) is 0 Å². The topological polar surface area (TPSA) is 60.8 Å². The maximum Gasteiger partial charge on any atom is 0.407 e. The number of carboxylic acid groups (broad SMARTS) is 1. The molecule has 76 valence electrons. The molecule has 0 aliphatic carbocycles. The Bertz CT molecular complexity index is 219. The van der Waals surface area contributed by atoms with E-state index in [1.807, 2.05) is 20.8 Å². The second kappa shape index (κ2) is 2.61. The van der Waals surface area contributed by atoms with Gasteiger partial charge in [0.1, 0.15) is 5.60 Å². The highest BCUT2D eigenvalue weighted by molar-refractivity contribution is 5.67. The molecule has 1 amide bonds. The van der Waals surface area contributed by atoms with Crippen LogP contribution in [0.5, 0.6) is 0 Å². The molecule has 1 heterocycles. The van der Waals surface area contributed by atoms with Gasteiger partial charge in [0.15, 0.2) is 0 Å². The fraction of sp³-hybridized carbons (Fsp3) is 0.889. The molecule has 0 spiro atoms. The van der Waals surface area contributed by atoms with Crippen LogP contribution in [-0.4, -0.2) is 39.4 Å². The van der Waals surface area contributed by atoms with Crippen LogP contribution in [0.3, 0.4) is 0 Å². The van der Waals surface area contributed by atoms with Gasteiger partial charge in [-0.25, -0.2) is 4.79 Å². The van der Waals surface area contributed by atoms with Crippen molar-refractivity contribution in [2.45, 2.75) is 39.3 Å². The van der Waals surface area contributed by atoms with Crippen LogP contribution in [0, 0.1) is 5.41 Å². The SMILES string of the molecule is CC(C)(C)C1N(C(=O)O)CC1(C)O. The summed E-state index contributed by atoms with van der Waals surface area (Å²) in [4.78, 5) is 12.0. The van der Waals surface area contributed by atoms with E-state index in [0.29, 0.717) is 0 Å². The Kier molecular flexibility index (Phi) is 2.07. The van der Waals surface area contributed by atoms with Crippen molar-refractivity contribution < 1.29 is 15.0 Å². The molecule has 2 atom stereocenters. The number of rotatable bonds is 0. The number of β-amino-alcohol motifs (C(OH)–C–C–N with tert-alkyl or cyclic N) is 1. The quantitative estimate of drug-likeness (QED) is 0.598. The van der Waals surface area contributed by atoms with Gasteiger partial charge in [0.05, 0.1) is 12.6 Å². The molecule has 13 heavy (non-hydrogen) atoms. The molecule has 1 aliphatic rings. The van der Waals surface area contributed by atoms with E-state index in [1.165, 1.54) is 4.90 Å². The number of hydrogen-bond acceptors (Lipinski definition) is 2. The van der Waals surface area contributed by atoms with Gasteiger partial charge in [-0.15, -0.1) is 0 Å². The first-order valence-corrected chi connectivity index (χ1v) is 4.38. The lowest BCUT2D eigenvalue weighted by atomic mass is 9.70. The minimum Gasteiger partial charge on any atom is -0.465 e. The summed E-state index contributed by atoms with van der Waals surface area (Å²) in [5.41, 5.74) is -1.10. The predicted octanol–water partition coefficient (Wildman–Crippen LogP) is 1.15. The Balaban J connectivity index is 2.83. The van der Waals surface area contributed by atoms with Gasteiger partial charge >= 0.3 is 6.09 Å². The third kappa shape index (κ3) is 1.63. The van der Waals surface area contributed by atoms with E-state index in [9.17, 15) is 9.90 Å². The largest absolute Gasteiger partial charge is 0.465 e. The predicted molar refractivity (Wildman–Crippen MR) is 48.6 cm³/mol. The zero-order valence-corrected chi connectivity index (χ0v) is 8.53. The number of aliphatic hydroxyl groups is 1. The van der Waals surface area contributed by atoms with Gasteiger partial charge in [-0.2, -0.15) is 0 Å². The van der Waals surface area contributed by atoms with Gasteiger partial charge in [0, 0.05) is 0 Å². The molecule has 1 rings (SSSR count). The molecule has 0 radical (unpaired) electrons. The third-order valence-electron chi connectivity index (χ3n) is 2.46. The first kappa shape index (κ1) is 10.3. The van der Waals surface area contributed by atoms with Crippen molar-refractivity contribution in [3.63, 3.8) is 0 Å². The minimum atomic E-state index is -0.952. The molecular formula is C9H17NO3. The summed E-state index contributed by atoms with van der Waals surface area (Å²) in [6.45, 7) is 7.69. The summed E-state index contributed by atoms with van der Waals surface area (Å²) in [6, 6.07) is -0.308. The van der Waals surface area contributed by atoms with Crippen LogP contribution >= 0.6 is 0 Å². The number of likely N-dealkylation sites (tertiary alicyclic amines) is 1. The molecule has 1 aliphatic heterocycles. The zero-order chi connectivity index (χ0) is 10.4. The Morgan fingerprint density at radius 2 is 2.00 bits per heavy atom.